The van der Waals surface area contributed by atoms with Crippen LogP contribution in [0, 0.1) is 6.92 Å². The molecule has 0 aliphatic heterocycles. The third-order valence-corrected chi connectivity index (χ3v) is 4.87. The van der Waals surface area contributed by atoms with E-state index in [4.69, 9.17) is 5.73 Å². The number of rotatable bonds is 3. The molecule has 0 unspecified atom stereocenters. The number of anilines is 2. The lowest BCUT2D eigenvalue weighted by Gasteiger charge is -2.11. The molecule has 3 aromatic rings. The monoisotopic (exact) mass is 372 g/mol. The van der Waals surface area contributed by atoms with Crippen LogP contribution in [0.4, 0.5) is 11.4 Å². The number of nitrogens with one attached hydrogen (secondary N) is 1. The molecule has 0 spiro atoms. The molecule has 8 heteroatoms. The van der Waals surface area contributed by atoms with E-state index in [1.54, 1.807) is 18.2 Å². The summed E-state index contributed by atoms with van der Waals surface area (Å²) in [7, 11) is -4.56. The van der Waals surface area contributed by atoms with E-state index in [1.165, 1.54) is 24.3 Å². The molecule has 0 atom stereocenters. The molecule has 1 amide bonds. The second-order valence-electron chi connectivity index (χ2n) is 5.88. The van der Waals surface area contributed by atoms with Crippen LogP contribution in [0.2, 0.25) is 0 Å². The molecule has 134 valence electrons. The van der Waals surface area contributed by atoms with Crippen molar-refractivity contribution < 1.29 is 22.9 Å². The topological polar surface area (TPSA) is 130 Å². The van der Waals surface area contributed by atoms with E-state index in [0.717, 1.165) is 11.6 Å². The molecule has 3 aromatic carbocycles. The smallest absolute Gasteiger partial charge is 0.295 e. The van der Waals surface area contributed by atoms with E-state index < -0.39 is 20.9 Å². The highest BCUT2D eigenvalue weighted by Gasteiger charge is 2.17. The van der Waals surface area contributed by atoms with Gasteiger partial charge in [0.05, 0.1) is 0 Å². The van der Waals surface area contributed by atoms with Crippen LogP contribution >= 0.6 is 0 Å². The number of nitrogens with two attached hydrogens (primary N) is 1. The van der Waals surface area contributed by atoms with E-state index in [9.17, 15) is 22.9 Å². The first-order valence-electron chi connectivity index (χ1n) is 7.57. The maximum Gasteiger partial charge on any atom is 0.295 e. The highest BCUT2D eigenvalue weighted by atomic mass is 32.2. The lowest BCUT2D eigenvalue weighted by atomic mass is 10.1. The molecule has 0 fully saturated rings. The number of phenols is 1. The van der Waals surface area contributed by atoms with Crippen LogP contribution in [0.25, 0.3) is 10.8 Å². The number of nitrogen functional groups attached to an aromatic ring is 1. The molecule has 5 N–H and O–H groups in total. The van der Waals surface area contributed by atoms with Crippen LogP contribution in [0.3, 0.4) is 0 Å². The number of amides is 1. The molecule has 26 heavy (non-hydrogen) atoms. The molecule has 0 aromatic heterocycles. The fourth-order valence-corrected chi connectivity index (χ4v) is 3.31. The first-order valence-corrected chi connectivity index (χ1v) is 9.01. The maximum atomic E-state index is 12.4. The number of hydrogen-bond donors (Lipinski definition) is 4. The first-order chi connectivity index (χ1) is 12.1. The average molecular weight is 372 g/mol. The van der Waals surface area contributed by atoms with Crippen molar-refractivity contribution in [2.24, 2.45) is 0 Å². The molecule has 3 rings (SSSR count). The van der Waals surface area contributed by atoms with Gasteiger partial charge in [0.2, 0.25) is 0 Å². The van der Waals surface area contributed by atoms with Crippen molar-refractivity contribution in [2.45, 2.75) is 11.8 Å². The van der Waals surface area contributed by atoms with Gasteiger partial charge >= 0.3 is 0 Å². The fourth-order valence-electron chi connectivity index (χ4n) is 2.58. The van der Waals surface area contributed by atoms with Crippen molar-refractivity contribution in [1.82, 2.24) is 0 Å². The number of phenolic OH excluding ortho intramolecular Hbond substituents is 1. The van der Waals surface area contributed by atoms with E-state index >= 15 is 0 Å². The zero-order valence-corrected chi connectivity index (χ0v) is 14.5. The van der Waals surface area contributed by atoms with E-state index in [2.05, 4.69) is 5.32 Å². The maximum absolute atomic E-state index is 12.4. The van der Waals surface area contributed by atoms with Crippen LogP contribution in [-0.4, -0.2) is 24.0 Å². The molecule has 0 heterocycles. The Labute approximate surface area is 149 Å². The van der Waals surface area contributed by atoms with Crippen molar-refractivity contribution in [3.8, 4) is 5.75 Å². The summed E-state index contributed by atoms with van der Waals surface area (Å²) in [5, 5.41) is 12.7. The number of benzene rings is 3. The van der Waals surface area contributed by atoms with Crippen molar-refractivity contribution in [1.29, 1.82) is 0 Å². The normalized spacial score (nSPS) is 11.5. The van der Waals surface area contributed by atoms with Gasteiger partial charge in [-0.25, -0.2) is 0 Å². The molecular formula is C18H16N2O5S. The zero-order valence-electron chi connectivity index (χ0n) is 13.7. The highest BCUT2D eigenvalue weighted by molar-refractivity contribution is 7.86. The molecule has 0 radical (unpaired) electrons. The third kappa shape index (κ3) is 3.46. The Hall–Kier alpha value is -3.10. The standard InChI is InChI=1S/C18H16N2O5S/c1-10-2-3-12(7-16(10)19)18(22)20-13-6-11-4-5-14(21)9-15(11)17(8-13)26(23,24)25/h2-9,21H,19H2,1H3,(H,20,22)(H,23,24,25). The number of fused-ring (bicyclic) bond motifs is 1. The van der Waals surface area contributed by atoms with Gasteiger partial charge in [0.25, 0.3) is 16.0 Å². The molecule has 7 nitrogen and oxygen atoms in total. The summed E-state index contributed by atoms with van der Waals surface area (Å²) < 4.78 is 32.9. The van der Waals surface area contributed by atoms with Crippen molar-refractivity contribution in [3.05, 3.63) is 59.7 Å². The van der Waals surface area contributed by atoms with Crippen molar-refractivity contribution in [2.75, 3.05) is 11.1 Å². The average Bonchev–Trinajstić information content (AvgIpc) is 2.56. The summed E-state index contributed by atoms with van der Waals surface area (Å²) >= 11 is 0. The molecule has 0 aliphatic carbocycles. The SMILES string of the molecule is Cc1ccc(C(=O)Nc2cc(S(=O)(=O)O)c3cc(O)ccc3c2)cc1N. The summed E-state index contributed by atoms with van der Waals surface area (Å²) in [6.45, 7) is 1.81. The van der Waals surface area contributed by atoms with Gasteiger partial charge in [-0.1, -0.05) is 12.1 Å². The predicted molar refractivity (Wildman–Crippen MR) is 99.0 cm³/mol. The minimum absolute atomic E-state index is 0.144. The van der Waals surface area contributed by atoms with E-state index in [0.29, 0.717) is 16.6 Å². The number of aryl methyl sites for hydroxylation is 1. The van der Waals surface area contributed by atoms with Gasteiger partial charge in [0.15, 0.2) is 0 Å². The molecular weight excluding hydrogens is 356 g/mol. The Morgan fingerprint density at radius 1 is 1.08 bits per heavy atom. The number of aromatic hydroxyl groups is 1. The first kappa shape index (κ1) is 17.7. The van der Waals surface area contributed by atoms with Gasteiger partial charge in [0, 0.05) is 22.3 Å². The Morgan fingerprint density at radius 3 is 2.46 bits per heavy atom. The molecule has 0 aliphatic rings. The Kier molecular flexibility index (Phi) is 4.31. The van der Waals surface area contributed by atoms with Crippen molar-refractivity contribution in [3.63, 3.8) is 0 Å². The summed E-state index contributed by atoms with van der Waals surface area (Å²) in [4.78, 5) is 12.0. The zero-order chi connectivity index (χ0) is 19.1. The predicted octanol–water partition coefficient (Wildman–Crippen LogP) is 2.94. The van der Waals surface area contributed by atoms with Gasteiger partial charge in [-0.15, -0.1) is 0 Å². The third-order valence-electron chi connectivity index (χ3n) is 3.98. The lowest BCUT2D eigenvalue weighted by molar-refractivity contribution is 0.102. The Morgan fingerprint density at radius 2 is 1.81 bits per heavy atom. The van der Waals surface area contributed by atoms with Crippen molar-refractivity contribution >= 4 is 38.2 Å². The lowest BCUT2D eigenvalue weighted by Crippen LogP contribution is -2.13. The largest absolute Gasteiger partial charge is 0.508 e. The highest BCUT2D eigenvalue weighted by Crippen LogP contribution is 2.30. The van der Waals surface area contributed by atoms with E-state index in [1.807, 2.05) is 6.92 Å². The van der Waals surface area contributed by atoms with Crippen LogP contribution in [0.15, 0.2) is 53.4 Å². The minimum atomic E-state index is -4.56. The quantitative estimate of drug-likeness (QED) is 0.413. The summed E-state index contributed by atoms with van der Waals surface area (Å²) in [6.07, 6.45) is 0. The minimum Gasteiger partial charge on any atom is -0.508 e. The van der Waals surface area contributed by atoms with Crippen LogP contribution in [0.5, 0.6) is 5.75 Å². The second-order valence-corrected chi connectivity index (χ2v) is 7.27. The summed E-state index contributed by atoms with van der Waals surface area (Å²) in [6, 6.07) is 11.6. The Bertz CT molecular complexity index is 1140. The van der Waals surface area contributed by atoms with Gasteiger partial charge in [0.1, 0.15) is 10.6 Å². The number of carbonyl (C=O) groups excluding carboxylic acids is 1. The van der Waals surface area contributed by atoms with E-state index in [-0.39, 0.29) is 16.8 Å². The number of carbonyl (C=O) groups is 1. The molecule has 0 saturated carbocycles. The van der Waals surface area contributed by atoms with Gasteiger partial charge in [-0.05, 0) is 54.3 Å². The Balaban J connectivity index is 2.06. The number of hydrogen-bond acceptors (Lipinski definition) is 5. The fraction of sp³-hybridized carbons (Fsp3) is 0.0556. The molecule has 0 bridgehead atoms. The summed E-state index contributed by atoms with van der Waals surface area (Å²) in [5.41, 5.74) is 7.60. The van der Waals surface area contributed by atoms with Crippen LogP contribution in [0.1, 0.15) is 15.9 Å². The molecule has 0 saturated heterocycles. The van der Waals surface area contributed by atoms with Gasteiger partial charge in [-0.3, -0.25) is 9.35 Å². The van der Waals surface area contributed by atoms with Gasteiger partial charge in [-0.2, -0.15) is 8.42 Å². The van der Waals surface area contributed by atoms with Crippen LogP contribution < -0.4 is 11.1 Å². The van der Waals surface area contributed by atoms with Crippen LogP contribution in [-0.2, 0) is 10.1 Å². The second kappa shape index (κ2) is 6.32. The summed E-state index contributed by atoms with van der Waals surface area (Å²) in [5.74, 6) is -0.620. The van der Waals surface area contributed by atoms with Gasteiger partial charge < -0.3 is 16.2 Å².